The van der Waals surface area contributed by atoms with E-state index in [0.29, 0.717) is 11.1 Å². The molecule has 0 radical (unpaired) electrons. The smallest absolute Gasteiger partial charge is 0.150 e. The molecule has 3 nitrogen and oxygen atoms in total. The molecule has 0 saturated heterocycles. The van der Waals surface area contributed by atoms with Crippen molar-refractivity contribution in [3.8, 4) is 16.9 Å². The molecule has 0 fully saturated rings. The van der Waals surface area contributed by atoms with E-state index >= 15 is 0 Å². The van der Waals surface area contributed by atoms with Gasteiger partial charge in [-0.05, 0) is 41.5 Å². The van der Waals surface area contributed by atoms with Crippen molar-refractivity contribution < 1.29 is 14.3 Å². The first kappa shape index (κ1) is 12.0. The van der Waals surface area contributed by atoms with Crippen LogP contribution in [-0.4, -0.2) is 19.7 Å². The molecule has 0 aromatic heterocycles. The van der Waals surface area contributed by atoms with Crippen LogP contribution < -0.4 is 4.74 Å². The number of methoxy groups -OCH3 is 1. The lowest BCUT2D eigenvalue weighted by Crippen LogP contribution is -1.89. The van der Waals surface area contributed by atoms with E-state index in [1.807, 2.05) is 24.3 Å². The van der Waals surface area contributed by atoms with Crippen LogP contribution in [0.1, 0.15) is 20.7 Å². The Morgan fingerprint density at radius 1 is 0.833 bits per heavy atom. The van der Waals surface area contributed by atoms with E-state index in [4.69, 9.17) is 4.74 Å². The van der Waals surface area contributed by atoms with Crippen molar-refractivity contribution in [1.29, 1.82) is 0 Å². The number of carbonyl (C=O) groups excluding carboxylic acids is 2. The van der Waals surface area contributed by atoms with Crippen LogP contribution in [0.15, 0.2) is 42.5 Å². The van der Waals surface area contributed by atoms with E-state index in [0.717, 1.165) is 29.4 Å². The molecular weight excluding hydrogens is 228 g/mol. The topological polar surface area (TPSA) is 43.4 Å². The van der Waals surface area contributed by atoms with Crippen LogP contribution in [0.2, 0.25) is 0 Å². The van der Waals surface area contributed by atoms with Gasteiger partial charge in [-0.3, -0.25) is 9.59 Å². The predicted molar refractivity (Wildman–Crippen MR) is 69.2 cm³/mol. The second-order valence-electron chi connectivity index (χ2n) is 3.85. The quantitative estimate of drug-likeness (QED) is 0.771. The molecule has 0 atom stereocenters. The first-order valence-corrected chi connectivity index (χ1v) is 5.46. The van der Waals surface area contributed by atoms with Crippen LogP contribution in [0.25, 0.3) is 11.1 Å². The molecule has 0 heterocycles. The number of ether oxygens (including phenoxy) is 1. The molecule has 90 valence electrons. The maximum absolute atomic E-state index is 10.8. The van der Waals surface area contributed by atoms with Crippen LogP contribution in [0.5, 0.6) is 5.75 Å². The zero-order valence-corrected chi connectivity index (χ0v) is 9.92. The summed E-state index contributed by atoms with van der Waals surface area (Å²) in [5, 5.41) is 0. The summed E-state index contributed by atoms with van der Waals surface area (Å²) in [6, 6.07) is 12.5. The summed E-state index contributed by atoms with van der Waals surface area (Å²) in [4.78, 5) is 21.6. The number of rotatable bonds is 4. The number of hydrogen-bond donors (Lipinski definition) is 0. The standard InChI is InChI=1S/C15H12O3/c1-18-15-4-2-13(3-5-15)14-7-11(9-16)6-12(8-14)10-17/h2-10H,1H3. The highest BCUT2D eigenvalue weighted by Crippen LogP contribution is 2.24. The van der Waals surface area contributed by atoms with Gasteiger partial charge in [0.05, 0.1) is 7.11 Å². The Kier molecular flexibility index (Phi) is 3.53. The van der Waals surface area contributed by atoms with Crippen LogP contribution in [0.3, 0.4) is 0 Å². The number of hydrogen-bond acceptors (Lipinski definition) is 3. The monoisotopic (exact) mass is 240 g/mol. The van der Waals surface area contributed by atoms with Gasteiger partial charge in [-0.2, -0.15) is 0 Å². The van der Waals surface area contributed by atoms with E-state index < -0.39 is 0 Å². The SMILES string of the molecule is COc1ccc(-c2cc(C=O)cc(C=O)c2)cc1. The number of benzene rings is 2. The lowest BCUT2D eigenvalue weighted by Gasteiger charge is -2.05. The van der Waals surface area contributed by atoms with Gasteiger partial charge in [-0.15, -0.1) is 0 Å². The van der Waals surface area contributed by atoms with Gasteiger partial charge in [-0.25, -0.2) is 0 Å². The van der Waals surface area contributed by atoms with Crippen molar-refractivity contribution in [3.05, 3.63) is 53.6 Å². The molecule has 2 rings (SSSR count). The van der Waals surface area contributed by atoms with Crippen LogP contribution in [0, 0.1) is 0 Å². The molecule has 0 spiro atoms. The number of aldehydes is 2. The first-order valence-electron chi connectivity index (χ1n) is 5.46. The second kappa shape index (κ2) is 5.27. The predicted octanol–water partition coefficient (Wildman–Crippen LogP) is 2.99. The lowest BCUT2D eigenvalue weighted by molar-refractivity contribution is 0.112. The summed E-state index contributed by atoms with van der Waals surface area (Å²) in [6.45, 7) is 0. The largest absolute Gasteiger partial charge is 0.497 e. The van der Waals surface area contributed by atoms with Gasteiger partial charge in [0.15, 0.2) is 0 Å². The van der Waals surface area contributed by atoms with E-state index in [9.17, 15) is 9.59 Å². The van der Waals surface area contributed by atoms with Gasteiger partial charge in [-0.1, -0.05) is 12.1 Å². The summed E-state index contributed by atoms with van der Waals surface area (Å²) in [7, 11) is 1.60. The maximum Gasteiger partial charge on any atom is 0.150 e. The molecule has 18 heavy (non-hydrogen) atoms. The van der Waals surface area contributed by atoms with Crippen molar-refractivity contribution in [1.82, 2.24) is 0 Å². The Hall–Kier alpha value is -2.42. The Bertz CT molecular complexity index is 545. The van der Waals surface area contributed by atoms with Crippen LogP contribution in [-0.2, 0) is 0 Å². The minimum Gasteiger partial charge on any atom is -0.497 e. The highest BCUT2D eigenvalue weighted by atomic mass is 16.5. The Balaban J connectivity index is 2.48. The highest BCUT2D eigenvalue weighted by Gasteiger charge is 2.03. The zero-order chi connectivity index (χ0) is 13.0. The van der Waals surface area contributed by atoms with Gasteiger partial charge >= 0.3 is 0 Å². The molecule has 0 unspecified atom stereocenters. The minimum atomic E-state index is 0.491. The average molecular weight is 240 g/mol. The van der Waals surface area contributed by atoms with Crippen molar-refractivity contribution in [3.63, 3.8) is 0 Å². The molecule has 3 heteroatoms. The minimum absolute atomic E-state index is 0.491. The van der Waals surface area contributed by atoms with Crippen molar-refractivity contribution in [2.45, 2.75) is 0 Å². The van der Waals surface area contributed by atoms with Crippen LogP contribution >= 0.6 is 0 Å². The molecule has 0 aliphatic carbocycles. The van der Waals surface area contributed by atoms with Gasteiger partial charge < -0.3 is 4.74 Å². The van der Waals surface area contributed by atoms with Gasteiger partial charge in [0, 0.05) is 11.1 Å². The summed E-state index contributed by atoms with van der Waals surface area (Å²) in [5.74, 6) is 0.765. The Morgan fingerprint density at radius 2 is 1.39 bits per heavy atom. The average Bonchev–Trinajstić information content (AvgIpc) is 2.46. The fourth-order valence-electron chi connectivity index (χ4n) is 1.76. The normalized spacial score (nSPS) is 9.83. The third kappa shape index (κ3) is 2.46. The molecule has 0 bridgehead atoms. The fourth-order valence-corrected chi connectivity index (χ4v) is 1.76. The van der Waals surface area contributed by atoms with Crippen molar-refractivity contribution in [2.75, 3.05) is 7.11 Å². The summed E-state index contributed by atoms with van der Waals surface area (Å²) < 4.78 is 5.08. The molecule has 0 amide bonds. The van der Waals surface area contributed by atoms with Gasteiger partial charge in [0.2, 0.25) is 0 Å². The first-order chi connectivity index (χ1) is 8.76. The van der Waals surface area contributed by atoms with Gasteiger partial charge in [0.1, 0.15) is 18.3 Å². The van der Waals surface area contributed by atoms with E-state index in [1.165, 1.54) is 0 Å². The van der Waals surface area contributed by atoms with E-state index in [1.54, 1.807) is 25.3 Å². The third-order valence-corrected chi connectivity index (χ3v) is 2.67. The van der Waals surface area contributed by atoms with Crippen molar-refractivity contribution >= 4 is 12.6 Å². The highest BCUT2D eigenvalue weighted by molar-refractivity contribution is 5.86. The van der Waals surface area contributed by atoms with Gasteiger partial charge in [0.25, 0.3) is 0 Å². The second-order valence-corrected chi connectivity index (χ2v) is 3.85. The molecule has 0 aliphatic rings. The molecule has 2 aromatic carbocycles. The molecule has 0 saturated carbocycles. The fraction of sp³-hybridized carbons (Fsp3) is 0.0667. The molecular formula is C15H12O3. The molecule has 0 N–H and O–H groups in total. The third-order valence-electron chi connectivity index (χ3n) is 2.67. The molecule has 2 aromatic rings. The molecule has 0 aliphatic heterocycles. The summed E-state index contributed by atoms with van der Waals surface area (Å²) in [6.07, 6.45) is 1.47. The van der Waals surface area contributed by atoms with E-state index in [-0.39, 0.29) is 0 Å². The van der Waals surface area contributed by atoms with E-state index in [2.05, 4.69) is 0 Å². The lowest BCUT2D eigenvalue weighted by atomic mass is 10.0. The Morgan fingerprint density at radius 3 is 1.83 bits per heavy atom. The van der Waals surface area contributed by atoms with Crippen LogP contribution in [0.4, 0.5) is 0 Å². The number of carbonyl (C=O) groups is 2. The maximum atomic E-state index is 10.8. The summed E-state index contributed by atoms with van der Waals surface area (Å²) in [5.41, 5.74) is 2.75. The zero-order valence-electron chi connectivity index (χ0n) is 9.92. The summed E-state index contributed by atoms with van der Waals surface area (Å²) >= 11 is 0. The Labute approximate surface area is 105 Å². The van der Waals surface area contributed by atoms with Crippen molar-refractivity contribution in [2.24, 2.45) is 0 Å².